The minimum absolute atomic E-state index is 0.00590. The lowest BCUT2D eigenvalue weighted by atomic mass is 10.0. The number of hydrogen-bond acceptors (Lipinski definition) is 1. The summed E-state index contributed by atoms with van der Waals surface area (Å²) >= 11 is 15.2. The summed E-state index contributed by atoms with van der Waals surface area (Å²) in [6.45, 7) is 0. The Morgan fingerprint density at radius 2 is 1.95 bits per heavy atom. The second-order valence-corrected chi connectivity index (χ2v) is 6.65. The lowest BCUT2D eigenvalue weighted by molar-refractivity contribution is -0.115. The second kappa shape index (κ2) is 5.54. The Labute approximate surface area is 140 Å². The van der Waals surface area contributed by atoms with Crippen molar-refractivity contribution in [2.24, 2.45) is 0 Å². The first kappa shape index (κ1) is 14.2. The molecule has 2 aromatic carbocycles. The van der Waals surface area contributed by atoms with Crippen LogP contribution >= 0.6 is 45.8 Å². The molecule has 1 heterocycles. The van der Waals surface area contributed by atoms with E-state index in [1.54, 1.807) is 6.07 Å². The maximum absolute atomic E-state index is 11.4. The number of amides is 1. The monoisotopic (exact) mass is 417 g/mol. The van der Waals surface area contributed by atoms with Crippen LogP contribution in [0.5, 0.6) is 0 Å². The van der Waals surface area contributed by atoms with Crippen LogP contribution in [0.25, 0.3) is 0 Å². The maximum atomic E-state index is 11.4. The van der Waals surface area contributed by atoms with Crippen molar-refractivity contribution in [2.45, 2.75) is 11.8 Å². The minimum atomic E-state index is -0.323. The Kier molecular flexibility index (Phi) is 3.93. The Bertz CT molecular complexity index is 702. The minimum Gasteiger partial charge on any atom is -0.325 e. The molecule has 0 fully saturated rings. The van der Waals surface area contributed by atoms with Gasteiger partial charge in [-0.15, -0.1) is 11.6 Å². The van der Waals surface area contributed by atoms with Gasteiger partial charge in [0.25, 0.3) is 0 Å². The molecule has 1 N–H and O–H groups in total. The van der Waals surface area contributed by atoms with Crippen molar-refractivity contribution >= 4 is 57.4 Å². The molecule has 0 saturated carbocycles. The van der Waals surface area contributed by atoms with Gasteiger partial charge in [0, 0.05) is 14.3 Å². The SMILES string of the molecule is O=C1Cc2cc(C(Cl)c3ccccc3I)c(Cl)cc2N1. The van der Waals surface area contributed by atoms with Gasteiger partial charge in [-0.2, -0.15) is 0 Å². The van der Waals surface area contributed by atoms with Gasteiger partial charge in [-0.05, 0) is 57.5 Å². The zero-order valence-electron chi connectivity index (χ0n) is 10.3. The zero-order chi connectivity index (χ0) is 14.3. The van der Waals surface area contributed by atoms with E-state index in [1.807, 2.05) is 30.3 Å². The molecule has 0 aliphatic carbocycles. The summed E-state index contributed by atoms with van der Waals surface area (Å²) in [5.41, 5.74) is 3.60. The third-order valence-corrected chi connectivity index (χ3v) is 5.08. The first-order valence-corrected chi connectivity index (χ1v) is 7.96. The third kappa shape index (κ3) is 2.54. The molecule has 1 aliphatic rings. The summed E-state index contributed by atoms with van der Waals surface area (Å²) in [4.78, 5) is 11.4. The molecule has 2 nitrogen and oxygen atoms in total. The maximum Gasteiger partial charge on any atom is 0.228 e. The molecular weight excluding hydrogens is 408 g/mol. The number of benzene rings is 2. The fraction of sp³-hybridized carbons (Fsp3) is 0.133. The Balaban J connectivity index is 2.05. The van der Waals surface area contributed by atoms with Crippen LogP contribution in [0, 0.1) is 3.57 Å². The van der Waals surface area contributed by atoms with Crippen LogP contribution in [0.3, 0.4) is 0 Å². The molecule has 1 atom stereocenters. The smallest absolute Gasteiger partial charge is 0.228 e. The molecule has 1 aliphatic heterocycles. The summed E-state index contributed by atoms with van der Waals surface area (Å²) in [5.74, 6) is -0.00590. The lowest BCUT2D eigenvalue weighted by Gasteiger charge is -2.15. The molecule has 0 bridgehead atoms. The summed E-state index contributed by atoms with van der Waals surface area (Å²) < 4.78 is 1.09. The molecule has 1 amide bonds. The molecule has 20 heavy (non-hydrogen) atoms. The summed E-state index contributed by atoms with van der Waals surface area (Å²) in [6, 6.07) is 11.6. The quantitative estimate of drug-likeness (QED) is 0.553. The van der Waals surface area contributed by atoms with Gasteiger partial charge in [0.05, 0.1) is 11.8 Å². The van der Waals surface area contributed by atoms with E-state index in [2.05, 4.69) is 27.9 Å². The third-order valence-electron chi connectivity index (χ3n) is 3.30. The summed E-state index contributed by atoms with van der Waals surface area (Å²) in [5, 5.41) is 3.04. The molecule has 5 heteroatoms. The van der Waals surface area contributed by atoms with Crippen molar-refractivity contribution in [3.63, 3.8) is 0 Å². The van der Waals surface area contributed by atoms with Crippen LogP contribution in [0.2, 0.25) is 5.02 Å². The average Bonchev–Trinajstić information content (AvgIpc) is 2.76. The summed E-state index contributed by atoms with van der Waals surface area (Å²) in [7, 11) is 0. The van der Waals surface area contributed by atoms with Gasteiger partial charge >= 0.3 is 0 Å². The van der Waals surface area contributed by atoms with Crippen LogP contribution in [-0.2, 0) is 11.2 Å². The van der Waals surface area contributed by atoms with Crippen molar-refractivity contribution in [3.8, 4) is 0 Å². The van der Waals surface area contributed by atoms with Crippen LogP contribution in [0.1, 0.15) is 22.1 Å². The van der Waals surface area contributed by atoms with E-state index in [9.17, 15) is 4.79 Å². The molecule has 1 unspecified atom stereocenters. The molecule has 0 saturated heterocycles. The van der Waals surface area contributed by atoms with Gasteiger partial charge in [0.1, 0.15) is 0 Å². The normalized spacial score (nSPS) is 14.8. The Hall–Kier alpha value is -0.780. The van der Waals surface area contributed by atoms with Crippen molar-refractivity contribution in [2.75, 3.05) is 5.32 Å². The van der Waals surface area contributed by atoms with Crippen molar-refractivity contribution in [3.05, 3.63) is 61.7 Å². The highest BCUT2D eigenvalue weighted by Gasteiger charge is 2.23. The Morgan fingerprint density at radius 1 is 1.20 bits per heavy atom. The topological polar surface area (TPSA) is 29.1 Å². The molecule has 0 spiro atoms. The highest BCUT2D eigenvalue weighted by Crippen LogP contribution is 2.39. The van der Waals surface area contributed by atoms with Gasteiger partial charge in [-0.25, -0.2) is 0 Å². The van der Waals surface area contributed by atoms with Gasteiger partial charge < -0.3 is 5.32 Å². The van der Waals surface area contributed by atoms with Gasteiger partial charge in [-0.1, -0.05) is 29.8 Å². The molecule has 3 rings (SSSR count). The van der Waals surface area contributed by atoms with Crippen LogP contribution in [0.4, 0.5) is 5.69 Å². The predicted molar refractivity (Wildman–Crippen MR) is 90.6 cm³/mol. The van der Waals surface area contributed by atoms with Crippen LogP contribution in [-0.4, -0.2) is 5.91 Å². The number of carbonyl (C=O) groups excluding carboxylic acids is 1. The highest BCUT2D eigenvalue weighted by atomic mass is 127. The number of nitrogens with one attached hydrogen (secondary N) is 1. The molecule has 2 aromatic rings. The molecule has 0 radical (unpaired) electrons. The van der Waals surface area contributed by atoms with E-state index >= 15 is 0 Å². The number of carbonyl (C=O) groups is 1. The number of halogens is 3. The number of fused-ring (bicyclic) bond motifs is 1. The number of anilines is 1. The van der Waals surface area contributed by atoms with Gasteiger partial charge in [0.15, 0.2) is 0 Å². The number of alkyl halides is 1. The lowest BCUT2D eigenvalue weighted by Crippen LogP contribution is -2.03. The van der Waals surface area contributed by atoms with E-state index in [0.29, 0.717) is 11.4 Å². The predicted octanol–water partition coefficient (Wildman–Crippen LogP) is 4.77. The first-order valence-electron chi connectivity index (χ1n) is 6.07. The van der Waals surface area contributed by atoms with E-state index in [0.717, 1.165) is 25.9 Å². The second-order valence-electron chi connectivity index (χ2n) is 4.64. The highest BCUT2D eigenvalue weighted by molar-refractivity contribution is 14.1. The van der Waals surface area contributed by atoms with Gasteiger partial charge in [0.2, 0.25) is 5.91 Å². The fourth-order valence-electron chi connectivity index (χ4n) is 2.31. The van der Waals surface area contributed by atoms with E-state index in [4.69, 9.17) is 23.2 Å². The standard InChI is InChI=1S/C15H10Cl2INO/c16-11-7-13-8(6-14(20)19-13)5-10(11)15(17)9-3-1-2-4-12(9)18/h1-5,7,15H,6H2,(H,19,20). The van der Waals surface area contributed by atoms with E-state index < -0.39 is 0 Å². The van der Waals surface area contributed by atoms with Gasteiger partial charge in [-0.3, -0.25) is 4.79 Å². The zero-order valence-corrected chi connectivity index (χ0v) is 14.0. The summed E-state index contributed by atoms with van der Waals surface area (Å²) in [6.07, 6.45) is 0.384. The number of rotatable bonds is 2. The van der Waals surface area contributed by atoms with Crippen molar-refractivity contribution < 1.29 is 4.79 Å². The average molecular weight is 418 g/mol. The molecule has 0 aromatic heterocycles. The van der Waals surface area contributed by atoms with E-state index in [1.165, 1.54) is 0 Å². The Morgan fingerprint density at radius 3 is 2.70 bits per heavy atom. The largest absolute Gasteiger partial charge is 0.325 e. The van der Waals surface area contributed by atoms with Crippen molar-refractivity contribution in [1.29, 1.82) is 0 Å². The fourth-order valence-corrected chi connectivity index (χ4v) is 3.89. The number of hydrogen-bond donors (Lipinski definition) is 1. The van der Waals surface area contributed by atoms with Crippen molar-refractivity contribution in [1.82, 2.24) is 0 Å². The van der Waals surface area contributed by atoms with E-state index in [-0.39, 0.29) is 11.3 Å². The molecule has 102 valence electrons. The molecular formula is C15H10Cl2INO. The first-order chi connectivity index (χ1) is 9.56. The van der Waals surface area contributed by atoms with Crippen LogP contribution < -0.4 is 5.32 Å². The van der Waals surface area contributed by atoms with Crippen LogP contribution in [0.15, 0.2) is 36.4 Å².